The molecule has 0 amide bonds. The molecular weight excluding hydrogens is 200 g/mol. The molecule has 0 spiro atoms. The maximum absolute atomic E-state index is 6.01. The van der Waals surface area contributed by atoms with Crippen LogP contribution < -0.4 is 5.19 Å². The van der Waals surface area contributed by atoms with Gasteiger partial charge in [-0.25, -0.2) is 0 Å². The van der Waals surface area contributed by atoms with Gasteiger partial charge in [-0.05, 0) is 37.7 Å². The fourth-order valence-electron chi connectivity index (χ4n) is 1.68. The van der Waals surface area contributed by atoms with Crippen molar-refractivity contribution in [2.45, 2.75) is 33.0 Å². The number of rotatable bonds is 4. The van der Waals surface area contributed by atoms with Gasteiger partial charge >= 0.3 is 0 Å². The summed E-state index contributed by atoms with van der Waals surface area (Å²) in [4.78, 5) is 0. The first-order valence-corrected chi connectivity index (χ1v) is 8.27. The summed E-state index contributed by atoms with van der Waals surface area (Å²) in [6, 6.07) is 8.51. The molecule has 1 aromatic carbocycles. The van der Waals surface area contributed by atoms with E-state index in [0.717, 1.165) is 5.56 Å². The maximum atomic E-state index is 6.01. The minimum absolute atomic E-state index is 0.297. The molecule has 1 nitrogen and oxygen atoms in total. The summed E-state index contributed by atoms with van der Waals surface area (Å²) < 4.78 is 6.01. The molecule has 0 saturated heterocycles. The molecule has 0 aliphatic heterocycles. The van der Waals surface area contributed by atoms with E-state index in [1.165, 1.54) is 5.19 Å². The van der Waals surface area contributed by atoms with Crippen molar-refractivity contribution in [2.24, 2.45) is 0 Å². The fraction of sp³-hybridized carbons (Fsp3) is 0.385. The van der Waals surface area contributed by atoms with E-state index in [4.69, 9.17) is 4.43 Å². The predicted octanol–water partition coefficient (Wildman–Crippen LogP) is 3.17. The van der Waals surface area contributed by atoms with Crippen molar-refractivity contribution in [3.05, 3.63) is 36.4 Å². The zero-order valence-electron chi connectivity index (χ0n) is 10.1. The Morgan fingerprint density at radius 3 is 2.13 bits per heavy atom. The lowest BCUT2D eigenvalue weighted by Gasteiger charge is -2.26. The van der Waals surface area contributed by atoms with Crippen molar-refractivity contribution in [1.82, 2.24) is 0 Å². The molecule has 0 aromatic heterocycles. The predicted molar refractivity (Wildman–Crippen MR) is 69.9 cm³/mol. The van der Waals surface area contributed by atoms with Crippen molar-refractivity contribution in [1.29, 1.82) is 0 Å². The van der Waals surface area contributed by atoms with Gasteiger partial charge in [-0.1, -0.05) is 36.9 Å². The average Bonchev–Trinajstić information content (AvgIpc) is 2.16. The zero-order valence-corrected chi connectivity index (χ0v) is 11.1. The minimum atomic E-state index is -1.71. The SMILES string of the molecule is C=Cc1ccc([Si](C)(C)OC(C)C)cc1. The smallest absolute Gasteiger partial charge is 0.218 e. The van der Waals surface area contributed by atoms with Crippen LogP contribution in [-0.4, -0.2) is 14.4 Å². The molecule has 0 saturated carbocycles. The van der Waals surface area contributed by atoms with E-state index in [-0.39, 0.29) is 0 Å². The summed E-state index contributed by atoms with van der Waals surface area (Å²) in [5, 5.41) is 1.34. The van der Waals surface area contributed by atoms with E-state index in [1.54, 1.807) is 0 Å². The van der Waals surface area contributed by atoms with Gasteiger partial charge < -0.3 is 4.43 Å². The molecule has 82 valence electrons. The van der Waals surface area contributed by atoms with Crippen molar-refractivity contribution in [2.75, 3.05) is 0 Å². The maximum Gasteiger partial charge on any atom is 0.218 e. The van der Waals surface area contributed by atoms with Crippen LogP contribution in [0.1, 0.15) is 19.4 Å². The molecule has 0 radical (unpaired) electrons. The Bertz CT molecular complexity index is 325. The third-order valence-corrected chi connectivity index (χ3v) is 5.16. The number of hydrogen-bond donors (Lipinski definition) is 0. The monoisotopic (exact) mass is 220 g/mol. The van der Waals surface area contributed by atoms with Crippen LogP contribution in [0.5, 0.6) is 0 Å². The molecule has 0 bridgehead atoms. The normalized spacial score (nSPS) is 11.8. The summed E-state index contributed by atoms with van der Waals surface area (Å²) >= 11 is 0. The Balaban J connectivity index is 2.89. The van der Waals surface area contributed by atoms with Gasteiger partial charge in [0.1, 0.15) is 0 Å². The lowest BCUT2D eigenvalue weighted by atomic mass is 10.2. The first-order chi connectivity index (χ1) is 6.95. The van der Waals surface area contributed by atoms with Gasteiger partial charge in [-0.2, -0.15) is 0 Å². The molecule has 1 aromatic rings. The van der Waals surface area contributed by atoms with Crippen molar-refractivity contribution >= 4 is 19.6 Å². The highest BCUT2D eigenvalue weighted by Crippen LogP contribution is 2.09. The second-order valence-corrected chi connectivity index (χ2v) is 8.34. The Kier molecular flexibility index (Phi) is 3.88. The summed E-state index contributed by atoms with van der Waals surface area (Å²) in [5.41, 5.74) is 1.16. The Labute approximate surface area is 93.9 Å². The lowest BCUT2D eigenvalue weighted by Crippen LogP contribution is -2.46. The molecule has 0 unspecified atom stereocenters. The molecular formula is C13H20OSi. The van der Waals surface area contributed by atoms with E-state index in [2.05, 4.69) is 57.8 Å². The van der Waals surface area contributed by atoms with E-state index in [0.29, 0.717) is 6.10 Å². The molecule has 2 heteroatoms. The van der Waals surface area contributed by atoms with Gasteiger partial charge in [0, 0.05) is 6.10 Å². The summed E-state index contributed by atoms with van der Waals surface area (Å²) in [6.45, 7) is 12.4. The number of hydrogen-bond acceptors (Lipinski definition) is 1. The average molecular weight is 220 g/mol. The van der Waals surface area contributed by atoms with Crippen LogP contribution in [0.2, 0.25) is 13.1 Å². The van der Waals surface area contributed by atoms with Crippen LogP contribution in [-0.2, 0) is 4.43 Å². The van der Waals surface area contributed by atoms with Crippen LogP contribution >= 0.6 is 0 Å². The highest BCUT2D eigenvalue weighted by atomic mass is 28.4. The summed E-state index contributed by atoms with van der Waals surface area (Å²) in [7, 11) is -1.71. The second-order valence-electron chi connectivity index (χ2n) is 4.50. The Morgan fingerprint density at radius 1 is 1.20 bits per heavy atom. The zero-order chi connectivity index (χ0) is 11.5. The molecule has 15 heavy (non-hydrogen) atoms. The van der Waals surface area contributed by atoms with Gasteiger partial charge in [-0.15, -0.1) is 0 Å². The Hall–Kier alpha value is -0.863. The fourth-order valence-corrected chi connectivity index (χ4v) is 3.96. The minimum Gasteiger partial charge on any atom is -0.411 e. The van der Waals surface area contributed by atoms with Crippen LogP contribution in [0, 0.1) is 0 Å². The summed E-state index contributed by atoms with van der Waals surface area (Å²) in [6.07, 6.45) is 2.16. The standard InChI is InChI=1S/C13H20OSi/c1-6-12-7-9-13(10-8-12)15(4,5)14-11(2)3/h6-11H,1H2,2-5H3. The van der Waals surface area contributed by atoms with Crippen LogP contribution in [0.25, 0.3) is 6.08 Å². The van der Waals surface area contributed by atoms with Gasteiger partial charge in [0.2, 0.25) is 8.32 Å². The molecule has 0 atom stereocenters. The van der Waals surface area contributed by atoms with Crippen molar-refractivity contribution < 1.29 is 4.43 Å². The first kappa shape index (κ1) is 12.2. The molecule has 0 fully saturated rings. The van der Waals surface area contributed by atoms with Crippen LogP contribution in [0.3, 0.4) is 0 Å². The van der Waals surface area contributed by atoms with Crippen molar-refractivity contribution in [3.63, 3.8) is 0 Å². The second kappa shape index (κ2) is 4.77. The Morgan fingerprint density at radius 2 is 1.73 bits per heavy atom. The van der Waals surface area contributed by atoms with E-state index in [1.807, 2.05) is 6.08 Å². The van der Waals surface area contributed by atoms with Gasteiger partial charge in [0.05, 0.1) is 0 Å². The largest absolute Gasteiger partial charge is 0.411 e. The lowest BCUT2D eigenvalue weighted by molar-refractivity contribution is 0.238. The van der Waals surface area contributed by atoms with E-state index in [9.17, 15) is 0 Å². The van der Waals surface area contributed by atoms with E-state index < -0.39 is 8.32 Å². The highest BCUT2D eigenvalue weighted by molar-refractivity contribution is 6.84. The third kappa shape index (κ3) is 3.32. The van der Waals surface area contributed by atoms with Crippen molar-refractivity contribution in [3.8, 4) is 0 Å². The molecule has 0 N–H and O–H groups in total. The van der Waals surface area contributed by atoms with Gasteiger partial charge in [0.25, 0.3) is 0 Å². The number of benzene rings is 1. The molecule has 0 aliphatic rings. The summed E-state index contributed by atoms with van der Waals surface area (Å²) in [5.74, 6) is 0. The quantitative estimate of drug-likeness (QED) is 0.708. The van der Waals surface area contributed by atoms with Gasteiger partial charge in [-0.3, -0.25) is 0 Å². The van der Waals surface area contributed by atoms with E-state index >= 15 is 0 Å². The first-order valence-electron chi connectivity index (χ1n) is 5.36. The van der Waals surface area contributed by atoms with Crippen LogP contribution in [0.4, 0.5) is 0 Å². The highest BCUT2D eigenvalue weighted by Gasteiger charge is 2.26. The third-order valence-electron chi connectivity index (χ3n) is 2.37. The molecule has 0 aliphatic carbocycles. The van der Waals surface area contributed by atoms with Gasteiger partial charge in [0.15, 0.2) is 0 Å². The molecule has 0 heterocycles. The van der Waals surface area contributed by atoms with Crippen LogP contribution in [0.15, 0.2) is 30.8 Å². The molecule has 1 rings (SSSR count). The topological polar surface area (TPSA) is 9.23 Å².